The number of para-hydroxylation sites is 1. The minimum Gasteiger partial charge on any atom is -0.494 e. The first kappa shape index (κ1) is 20.8. The number of methoxy groups -OCH3 is 1. The number of ether oxygens (including phenoxy) is 2. The molecule has 1 saturated carbocycles. The van der Waals surface area contributed by atoms with Crippen molar-refractivity contribution >= 4 is 17.3 Å². The maximum Gasteiger partial charge on any atom is 0.355 e. The molecule has 1 aliphatic carbocycles. The largest absolute Gasteiger partial charge is 0.494 e. The van der Waals surface area contributed by atoms with Gasteiger partial charge < -0.3 is 14.6 Å². The van der Waals surface area contributed by atoms with E-state index in [9.17, 15) is 4.79 Å². The first-order valence-electron chi connectivity index (χ1n) is 10.1. The molecule has 6 heteroatoms. The van der Waals surface area contributed by atoms with Crippen LogP contribution in [0.5, 0.6) is 5.75 Å². The predicted molar refractivity (Wildman–Crippen MR) is 110 cm³/mol. The number of benzene rings is 1. The Morgan fingerprint density at radius 2 is 2.00 bits per heavy atom. The van der Waals surface area contributed by atoms with Crippen molar-refractivity contribution in [1.82, 2.24) is 4.98 Å². The zero-order valence-corrected chi connectivity index (χ0v) is 17.2. The molecule has 0 radical (unpaired) electrons. The number of carbonyl (C=O) groups is 1. The van der Waals surface area contributed by atoms with Gasteiger partial charge in [-0.15, -0.1) is 11.3 Å². The van der Waals surface area contributed by atoms with Gasteiger partial charge in [0.05, 0.1) is 6.61 Å². The Balaban J connectivity index is 1.42. The van der Waals surface area contributed by atoms with Crippen molar-refractivity contribution in [3.63, 3.8) is 0 Å². The van der Waals surface area contributed by atoms with Crippen molar-refractivity contribution in [2.75, 3.05) is 13.7 Å². The SMILES string of the molecule is COC(CC[C@H]1CCCC1CCCOc1ccccc1)c1nc(C(=O)O)cs1. The summed E-state index contributed by atoms with van der Waals surface area (Å²) in [5.74, 6) is 1.43. The second-order valence-electron chi connectivity index (χ2n) is 7.43. The first-order valence-corrected chi connectivity index (χ1v) is 10.9. The number of hydrogen-bond acceptors (Lipinski definition) is 5. The van der Waals surface area contributed by atoms with Crippen molar-refractivity contribution in [3.8, 4) is 5.75 Å². The van der Waals surface area contributed by atoms with Crippen LogP contribution in [-0.4, -0.2) is 29.8 Å². The Bertz CT molecular complexity index is 733. The maximum absolute atomic E-state index is 11.0. The summed E-state index contributed by atoms with van der Waals surface area (Å²) in [6, 6.07) is 9.99. The van der Waals surface area contributed by atoms with E-state index in [-0.39, 0.29) is 11.8 Å². The molecule has 1 aliphatic rings. The molecule has 3 atom stereocenters. The summed E-state index contributed by atoms with van der Waals surface area (Å²) in [6.07, 6.45) is 8.05. The molecule has 0 aliphatic heterocycles. The van der Waals surface area contributed by atoms with E-state index >= 15 is 0 Å². The number of carboxylic acids is 1. The van der Waals surface area contributed by atoms with Gasteiger partial charge in [-0.1, -0.05) is 37.5 Å². The fourth-order valence-corrected chi connectivity index (χ4v) is 5.07. The third kappa shape index (κ3) is 5.79. The molecule has 1 heterocycles. The average molecular weight is 404 g/mol. The number of hydrogen-bond donors (Lipinski definition) is 1. The van der Waals surface area contributed by atoms with Crippen LogP contribution in [0, 0.1) is 11.8 Å². The highest BCUT2D eigenvalue weighted by Crippen LogP contribution is 2.39. The van der Waals surface area contributed by atoms with E-state index in [0.29, 0.717) is 5.92 Å². The van der Waals surface area contributed by atoms with Crippen LogP contribution < -0.4 is 4.74 Å². The minimum absolute atomic E-state index is 0.110. The molecule has 1 N–H and O–H groups in total. The summed E-state index contributed by atoms with van der Waals surface area (Å²) in [7, 11) is 1.68. The highest BCUT2D eigenvalue weighted by atomic mass is 32.1. The molecule has 5 nitrogen and oxygen atoms in total. The molecule has 0 amide bonds. The molecule has 3 rings (SSSR count). The van der Waals surface area contributed by atoms with Crippen LogP contribution in [-0.2, 0) is 4.74 Å². The van der Waals surface area contributed by atoms with Gasteiger partial charge in [-0.05, 0) is 49.7 Å². The lowest BCUT2D eigenvalue weighted by atomic mass is 9.87. The first-order chi connectivity index (χ1) is 13.7. The molecule has 1 aromatic heterocycles. The van der Waals surface area contributed by atoms with Crippen molar-refractivity contribution < 1.29 is 19.4 Å². The Hall–Kier alpha value is -1.92. The number of rotatable bonds is 11. The molecule has 0 spiro atoms. The molecular formula is C22H29NO4S. The third-order valence-electron chi connectivity index (χ3n) is 5.65. The Morgan fingerprint density at radius 3 is 2.68 bits per heavy atom. The Kier molecular flexibility index (Phi) is 7.86. The zero-order valence-electron chi connectivity index (χ0n) is 16.4. The van der Waals surface area contributed by atoms with Crippen LogP contribution in [0.4, 0.5) is 0 Å². The van der Waals surface area contributed by atoms with Gasteiger partial charge in [0.25, 0.3) is 0 Å². The van der Waals surface area contributed by atoms with E-state index in [1.54, 1.807) is 12.5 Å². The number of carboxylic acid groups (broad SMARTS) is 1. The van der Waals surface area contributed by atoms with Gasteiger partial charge in [0.15, 0.2) is 5.69 Å². The van der Waals surface area contributed by atoms with Gasteiger partial charge >= 0.3 is 5.97 Å². The molecule has 1 fully saturated rings. The second-order valence-corrected chi connectivity index (χ2v) is 8.32. The molecule has 1 aromatic carbocycles. The van der Waals surface area contributed by atoms with Crippen LogP contribution in [0.1, 0.15) is 66.5 Å². The van der Waals surface area contributed by atoms with Crippen LogP contribution in [0.2, 0.25) is 0 Å². The lowest BCUT2D eigenvalue weighted by Gasteiger charge is -2.21. The third-order valence-corrected chi connectivity index (χ3v) is 6.59. The van der Waals surface area contributed by atoms with Gasteiger partial charge in [0.2, 0.25) is 0 Å². The molecule has 28 heavy (non-hydrogen) atoms. The van der Waals surface area contributed by atoms with Crippen LogP contribution in [0.25, 0.3) is 0 Å². The van der Waals surface area contributed by atoms with Gasteiger partial charge in [-0.3, -0.25) is 0 Å². The number of aromatic nitrogens is 1. The molecule has 0 bridgehead atoms. The van der Waals surface area contributed by atoms with Gasteiger partial charge in [0.1, 0.15) is 16.9 Å². The number of thiazole rings is 1. The topological polar surface area (TPSA) is 68.7 Å². The van der Waals surface area contributed by atoms with Gasteiger partial charge in [-0.2, -0.15) is 0 Å². The maximum atomic E-state index is 11.0. The molecular weight excluding hydrogens is 374 g/mol. The summed E-state index contributed by atoms with van der Waals surface area (Å²) >= 11 is 1.38. The van der Waals surface area contributed by atoms with Crippen LogP contribution >= 0.6 is 11.3 Å². The smallest absolute Gasteiger partial charge is 0.355 e. The van der Waals surface area contributed by atoms with Crippen molar-refractivity contribution in [1.29, 1.82) is 0 Å². The molecule has 0 saturated heterocycles. The lowest BCUT2D eigenvalue weighted by Crippen LogP contribution is -2.12. The predicted octanol–water partition coefficient (Wildman–Crippen LogP) is 5.58. The van der Waals surface area contributed by atoms with E-state index in [0.717, 1.165) is 42.5 Å². The Morgan fingerprint density at radius 1 is 1.25 bits per heavy atom. The fourth-order valence-electron chi connectivity index (χ4n) is 4.17. The van der Waals surface area contributed by atoms with E-state index in [2.05, 4.69) is 4.98 Å². The van der Waals surface area contributed by atoms with E-state index in [4.69, 9.17) is 14.6 Å². The van der Waals surface area contributed by atoms with Gasteiger partial charge in [0, 0.05) is 12.5 Å². The summed E-state index contributed by atoms with van der Waals surface area (Å²) in [5, 5.41) is 11.4. The van der Waals surface area contributed by atoms with Crippen molar-refractivity contribution in [3.05, 3.63) is 46.4 Å². The second kappa shape index (κ2) is 10.6. The molecule has 152 valence electrons. The van der Waals surface area contributed by atoms with Crippen LogP contribution in [0.3, 0.4) is 0 Å². The van der Waals surface area contributed by atoms with Crippen LogP contribution in [0.15, 0.2) is 35.7 Å². The summed E-state index contributed by atoms with van der Waals surface area (Å²) in [6.45, 7) is 0.769. The fraction of sp³-hybridized carbons (Fsp3) is 0.545. The van der Waals surface area contributed by atoms with Crippen molar-refractivity contribution in [2.45, 2.75) is 51.0 Å². The monoisotopic (exact) mass is 403 g/mol. The normalized spacial score (nSPS) is 20.2. The summed E-state index contributed by atoms with van der Waals surface area (Å²) in [4.78, 5) is 15.3. The number of nitrogens with zero attached hydrogens (tertiary/aromatic N) is 1. The van der Waals surface area contributed by atoms with E-state index < -0.39 is 5.97 Å². The minimum atomic E-state index is -0.981. The quantitative estimate of drug-likeness (QED) is 0.496. The van der Waals surface area contributed by atoms with E-state index in [1.165, 1.54) is 37.0 Å². The lowest BCUT2D eigenvalue weighted by molar-refractivity contribution is 0.0686. The molecule has 2 unspecified atom stereocenters. The zero-order chi connectivity index (χ0) is 19.8. The van der Waals surface area contributed by atoms with Gasteiger partial charge in [-0.25, -0.2) is 9.78 Å². The van der Waals surface area contributed by atoms with E-state index in [1.807, 2.05) is 30.3 Å². The highest BCUT2D eigenvalue weighted by Gasteiger charge is 2.28. The Labute approximate surface area is 170 Å². The summed E-state index contributed by atoms with van der Waals surface area (Å²) in [5.41, 5.74) is 0.110. The summed E-state index contributed by atoms with van der Waals surface area (Å²) < 4.78 is 11.4. The number of aromatic carboxylic acids is 1. The highest BCUT2D eigenvalue weighted by molar-refractivity contribution is 7.09. The van der Waals surface area contributed by atoms with Crippen molar-refractivity contribution in [2.24, 2.45) is 11.8 Å². The average Bonchev–Trinajstić information content (AvgIpc) is 3.37. The molecule has 2 aromatic rings. The standard InChI is InChI=1S/C22H29NO4S/c1-26-20(21-23-19(15-28-21)22(24)25)13-12-17-8-5-7-16(17)9-6-14-27-18-10-3-2-4-11-18/h2-4,10-11,15-17,20H,5-9,12-14H2,1H3,(H,24,25)/t16?,17-,20?/m1/s1.